The normalized spacial score (nSPS) is 10.5. The Morgan fingerprint density at radius 3 is 2.76 bits per heavy atom. The number of halogens is 2. The summed E-state index contributed by atoms with van der Waals surface area (Å²) in [6.07, 6.45) is 1.41. The summed E-state index contributed by atoms with van der Waals surface area (Å²) in [7, 11) is 0. The van der Waals surface area contributed by atoms with Crippen molar-refractivity contribution in [3.63, 3.8) is 0 Å². The summed E-state index contributed by atoms with van der Waals surface area (Å²) in [6, 6.07) is 8.00. The fourth-order valence-corrected chi connectivity index (χ4v) is 1.96. The molecule has 21 heavy (non-hydrogen) atoms. The van der Waals surface area contributed by atoms with E-state index in [2.05, 4.69) is 5.10 Å². The van der Waals surface area contributed by atoms with E-state index in [9.17, 15) is 14.0 Å². The van der Waals surface area contributed by atoms with Crippen molar-refractivity contribution in [3.8, 4) is 23.2 Å². The van der Waals surface area contributed by atoms with Crippen molar-refractivity contribution in [3.05, 3.63) is 53.8 Å². The Hall–Kier alpha value is -3.14. The van der Waals surface area contributed by atoms with Gasteiger partial charge in [-0.05, 0) is 24.3 Å². The van der Waals surface area contributed by atoms with Gasteiger partial charge in [0.1, 0.15) is 40.5 Å². The molecule has 0 radical (unpaired) electrons. The first-order valence-electron chi connectivity index (χ1n) is 5.89. The minimum atomic E-state index is -0.707. The number of benzene rings is 1. The van der Waals surface area contributed by atoms with Crippen LogP contribution in [0.25, 0.3) is 17.1 Å². The summed E-state index contributed by atoms with van der Waals surface area (Å²) in [5.74, 6) is -1.12. The standard InChI is InChI=1S/C14H8F2N4O/c15-8-3-4-10(16)11(6-8)20-14(18)9(7-17)13(19-20)12-2-1-5-21-12/h1-6H,18H2. The molecular formula is C14H8F2N4O. The van der Waals surface area contributed by atoms with E-state index >= 15 is 0 Å². The third-order valence-corrected chi connectivity index (χ3v) is 2.92. The number of nitriles is 1. The Morgan fingerprint density at radius 2 is 2.10 bits per heavy atom. The zero-order valence-corrected chi connectivity index (χ0v) is 10.5. The molecule has 2 aromatic heterocycles. The van der Waals surface area contributed by atoms with Gasteiger partial charge in [-0.15, -0.1) is 0 Å². The van der Waals surface area contributed by atoms with Crippen molar-refractivity contribution in [1.29, 1.82) is 5.26 Å². The van der Waals surface area contributed by atoms with Crippen LogP contribution in [0.15, 0.2) is 41.0 Å². The molecule has 104 valence electrons. The molecule has 7 heteroatoms. The van der Waals surface area contributed by atoms with Gasteiger partial charge in [0.15, 0.2) is 5.76 Å². The number of nitrogens with zero attached hydrogens (tertiary/aromatic N) is 3. The van der Waals surface area contributed by atoms with Crippen molar-refractivity contribution < 1.29 is 13.2 Å². The molecule has 3 rings (SSSR count). The quantitative estimate of drug-likeness (QED) is 0.785. The zero-order valence-electron chi connectivity index (χ0n) is 10.5. The maximum Gasteiger partial charge on any atom is 0.155 e. The van der Waals surface area contributed by atoms with Crippen molar-refractivity contribution in [2.45, 2.75) is 0 Å². The largest absolute Gasteiger partial charge is 0.463 e. The van der Waals surface area contributed by atoms with Gasteiger partial charge in [0.2, 0.25) is 0 Å². The first-order valence-corrected chi connectivity index (χ1v) is 5.89. The Morgan fingerprint density at radius 1 is 1.29 bits per heavy atom. The minimum Gasteiger partial charge on any atom is -0.463 e. The molecule has 3 aromatic rings. The maximum absolute atomic E-state index is 13.8. The van der Waals surface area contributed by atoms with Crippen LogP contribution in [0, 0.1) is 23.0 Å². The van der Waals surface area contributed by atoms with Gasteiger partial charge in [-0.25, -0.2) is 13.5 Å². The van der Waals surface area contributed by atoms with Crippen molar-refractivity contribution in [2.75, 3.05) is 5.73 Å². The first kappa shape index (κ1) is 12.9. The molecule has 0 amide bonds. The second kappa shape index (κ2) is 4.76. The summed E-state index contributed by atoms with van der Waals surface area (Å²) in [4.78, 5) is 0. The highest BCUT2D eigenvalue weighted by Gasteiger charge is 2.21. The highest BCUT2D eigenvalue weighted by atomic mass is 19.1. The number of aromatic nitrogens is 2. The SMILES string of the molecule is N#Cc1c(-c2ccco2)nn(-c2cc(F)ccc2F)c1N. The summed E-state index contributed by atoms with van der Waals surface area (Å²) in [5.41, 5.74) is 5.85. The number of anilines is 1. The predicted octanol–water partition coefficient (Wildman–Crippen LogP) is 2.86. The Balaban J connectivity index is 2.26. The van der Waals surface area contributed by atoms with Gasteiger partial charge in [-0.3, -0.25) is 0 Å². The second-order valence-corrected chi connectivity index (χ2v) is 4.21. The van der Waals surface area contributed by atoms with E-state index in [0.717, 1.165) is 22.9 Å². The van der Waals surface area contributed by atoms with E-state index in [4.69, 9.17) is 10.2 Å². The Bertz CT molecular complexity index is 847. The molecule has 1 aromatic carbocycles. The van der Waals surface area contributed by atoms with Gasteiger partial charge in [0, 0.05) is 6.07 Å². The summed E-state index contributed by atoms with van der Waals surface area (Å²) in [6.45, 7) is 0. The molecule has 2 heterocycles. The third-order valence-electron chi connectivity index (χ3n) is 2.92. The molecule has 0 saturated heterocycles. The topological polar surface area (TPSA) is 80.8 Å². The molecule has 0 bridgehead atoms. The number of nitrogen functional groups attached to an aromatic ring is 1. The molecule has 0 saturated carbocycles. The lowest BCUT2D eigenvalue weighted by Gasteiger charge is -2.05. The van der Waals surface area contributed by atoms with E-state index < -0.39 is 11.6 Å². The number of furan rings is 1. The summed E-state index contributed by atoms with van der Waals surface area (Å²) < 4.78 is 33.3. The van der Waals surface area contributed by atoms with Gasteiger partial charge in [-0.2, -0.15) is 10.4 Å². The fourth-order valence-electron chi connectivity index (χ4n) is 1.96. The lowest BCUT2D eigenvalue weighted by Crippen LogP contribution is -2.05. The average molecular weight is 286 g/mol. The summed E-state index contributed by atoms with van der Waals surface area (Å²) >= 11 is 0. The Kier molecular flexibility index (Phi) is 2.92. The summed E-state index contributed by atoms with van der Waals surface area (Å²) in [5, 5.41) is 13.3. The molecule has 2 N–H and O–H groups in total. The number of hydrogen-bond donors (Lipinski definition) is 1. The van der Waals surface area contributed by atoms with Crippen LogP contribution in [0.2, 0.25) is 0 Å². The van der Waals surface area contributed by atoms with Gasteiger partial charge < -0.3 is 10.2 Å². The molecule has 0 aliphatic carbocycles. The molecule has 0 aliphatic rings. The van der Waals surface area contributed by atoms with Crippen molar-refractivity contribution >= 4 is 5.82 Å². The maximum atomic E-state index is 13.8. The van der Waals surface area contributed by atoms with E-state index in [1.165, 1.54) is 6.26 Å². The van der Waals surface area contributed by atoms with Crippen LogP contribution in [0.3, 0.4) is 0 Å². The average Bonchev–Trinajstić information content (AvgIpc) is 3.09. The van der Waals surface area contributed by atoms with Gasteiger partial charge >= 0.3 is 0 Å². The number of nitrogens with two attached hydrogens (primary N) is 1. The molecule has 0 spiro atoms. The molecule has 5 nitrogen and oxygen atoms in total. The highest BCUT2D eigenvalue weighted by molar-refractivity contribution is 5.70. The van der Waals surface area contributed by atoms with Crippen LogP contribution in [-0.4, -0.2) is 9.78 Å². The second-order valence-electron chi connectivity index (χ2n) is 4.21. The highest BCUT2D eigenvalue weighted by Crippen LogP contribution is 2.29. The third kappa shape index (κ3) is 2.03. The van der Waals surface area contributed by atoms with Crippen LogP contribution in [0.4, 0.5) is 14.6 Å². The number of hydrogen-bond acceptors (Lipinski definition) is 4. The fraction of sp³-hybridized carbons (Fsp3) is 0. The van der Waals surface area contributed by atoms with E-state index in [1.54, 1.807) is 12.1 Å². The van der Waals surface area contributed by atoms with Crippen LogP contribution in [0.1, 0.15) is 5.56 Å². The zero-order chi connectivity index (χ0) is 15.0. The van der Waals surface area contributed by atoms with E-state index in [-0.39, 0.29) is 22.8 Å². The van der Waals surface area contributed by atoms with Crippen LogP contribution in [0.5, 0.6) is 0 Å². The Labute approximate surface area is 117 Å². The first-order chi connectivity index (χ1) is 10.1. The van der Waals surface area contributed by atoms with Crippen molar-refractivity contribution in [2.24, 2.45) is 0 Å². The molecule has 0 fully saturated rings. The van der Waals surface area contributed by atoms with Crippen molar-refractivity contribution in [1.82, 2.24) is 9.78 Å². The molecule has 0 unspecified atom stereocenters. The molecular weight excluding hydrogens is 278 g/mol. The van der Waals surface area contributed by atoms with Gasteiger partial charge in [-0.1, -0.05) is 0 Å². The smallest absolute Gasteiger partial charge is 0.155 e. The predicted molar refractivity (Wildman–Crippen MR) is 70.3 cm³/mol. The van der Waals surface area contributed by atoms with E-state index in [1.807, 2.05) is 6.07 Å². The minimum absolute atomic E-state index is 0.0358. The molecule has 0 atom stereocenters. The van der Waals surface area contributed by atoms with Gasteiger partial charge in [0.05, 0.1) is 6.26 Å². The van der Waals surface area contributed by atoms with Crippen LogP contribution >= 0.6 is 0 Å². The van der Waals surface area contributed by atoms with Gasteiger partial charge in [0.25, 0.3) is 0 Å². The lowest BCUT2D eigenvalue weighted by molar-refractivity contribution is 0.576. The van der Waals surface area contributed by atoms with Crippen LogP contribution in [-0.2, 0) is 0 Å². The monoisotopic (exact) mass is 286 g/mol. The van der Waals surface area contributed by atoms with Crippen LogP contribution < -0.4 is 5.73 Å². The lowest BCUT2D eigenvalue weighted by atomic mass is 10.2. The molecule has 0 aliphatic heterocycles. The number of rotatable bonds is 2. The van der Waals surface area contributed by atoms with E-state index in [0.29, 0.717) is 5.76 Å².